The molecule has 0 amide bonds. The lowest BCUT2D eigenvalue weighted by molar-refractivity contribution is -0.212. The van der Waals surface area contributed by atoms with Crippen LogP contribution in [0.2, 0.25) is 0 Å². The second kappa shape index (κ2) is 9.15. The highest BCUT2D eigenvalue weighted by molar-refractivity contribution is 5.87. The van der Waals surface area contributed by atoms with Crippen LogP contribution in [0.15, 0.2) is 12.2 Å². The third-order valence-electron chi connectivity index (χ3n) is 2.63. The van der Waals surface area contributed by atoms with Crippen molar-refractivity contribution in [2.75, 3.05) is 6.61 Å². The summed E-state index contributed by atoms with van der Waals surface area (Å²) in [5.41, 5.74) is 0.395. The monoisotopic (exact) mass is 256 g/mol. The maximum atomic E-state index is 11.4. The average molecular weight is 256 g/mol. The van der Waals surface area contributed by atoms with Gasteiger partial charge in [-0.05, 0) is 13.3 Å². The minimum atomic E-state index is -0.862. The molecule has 0 spiro atoms. The van der Waals surface area contributed by atoms with Crippen LogP contribution in [0.1, 0.15) is 66.2 Å². The molecule has 0 N–H and O–H groups in total. The van der Waals surface area contributed by atoms with Gasteiger partial charge in [-0.15, -0.1) is 0 Å². The van der Waals surface area contributed by atoms with Crippen molar-refractivity contribution >= 4 is 5.97 Å². The highest BCUT2D eigenvalue weighted by Gasteiger charge is 2.23. The van der Waals surface area contributed by atoms with Gasteiger partial charge >= 0.3 is 5.97 Å². The Labute approximate surface area is 112 Å². The van der Waals surface area contributed by atoms with Crippen LogP contribution in [-0.4, -0.2) is 18.4 Å². The van der Waals surface area contributed by atoms with Crippen LogP contribution >= 0.6 is 0 Å². The van der Waals surface area contributed by atoms with Gasteiger partial charge in [0.1, 0.15) is 0 Å². The number of carbonyl (C=O) groups is 1. The predicted octanol–water partition coefficient (Wildman–Crippen LogP) is 4.22. The van der Waals surface area contributed by atoms with Gasteiger partial charge in [0.2, 0.25) is 5.79 Å². The molecule has 0 saturated carbocycles. The van der Waals surface area contributed by atoms with Crippen molar-refractivity contribution in [1.29, 1.82) is 0 Å². The Hall–Kier alpha value is -0.830. The van der Waals surface area contributed by atoms with Crippen LogP contribution in [0.3, 0.4) is 0 Å². The van der Waals surface area contributed by atoms with Crippen molar-refractivity contribution in [3.63, 3.8) is 0 Å². The molecule has 0 saturated heterocycles. The van der Waals surface area contributed by atoms with E-state index in [9.17, 15) is 4.79 Å². The van der Waals surface area contributed by atoms with Crippen molar-refractivity contribution in [1.82, 2.24) is 0 Å². The Balaban J connectivity index is 3.64. The van der Waals surface area contributed by atoms with Crippen LogP contribution < -0.4 is 0 Å². The zero-order valence-electron chi connectivity index (χ0n) is 12.4. The standard InChI is InChI=1S/C15H28O3/c1-6-7-8-9-10-11-12-17-15(4,5)18-14(16)13(2)3/h2,6-12H2,1,3-5H3. The maximum absolute atomic E-state index is 11.4. The van der Waals surface area contributed by atoms with Crippen LogP contribution in [0.4, 0.5) is 0 Å². The molecule has 0 aliphatic carbocycles. The van der Waals surface area contributed by atoms with E-state index in [-0.39, 0.29) is 0 Å². The highest BCUT2D eigenvalue weighted by atomic mass is 16.7. The topological polar surface area (TPSA) is 35.5 Å². The van der Waals surface area contributed by atoms with Gasteiger partial charge in [0, 0.05) is 19.4 Å². The Morgan fingerprint density at radius 2 is 1.67 bits per heavy atom. The fraction of sp³-hybridized carbons (Fsp3) is 0.800. The average Bonchev–Trinajstić information content (AvgIpc) is 2.27. The Kier molecular flexibility index (Phi) is 8.73. The zero-order chi connectivity index (χ0) is 14.0. The first kappa shape index (κ1) is 17.2. The van der Waals surface area contributed by atoms with E-state index < -0.39 is 11.8 Å². The number of ether oxygens (including phenoxy) is 2. The van der Waals surface area contributed by atoms with E-state index in [2.05, 4.69) is 13.5 Å². The van der Waals surface area contributed by atoms with Gasteiger partial charge in [0.25, 0.3) is 0 Å². The summed E-state index contributed by atoms with van der Waals surface area (Å²) in [6, 6.07) is 0. The fourth-order valence-corrected chi connectivity index (χ4v) is 1.54. The molecule has 0 bridgehead atoms. The number of esters is 1. The Morgan fingerprint density at radius 3 is 2.22 bits per heavy atom. The molecule has 0 aliphatic heterocycles. The molecule has 3 nitrogen and oxygen atoms in total. The normalized spacial score (nSPS) is 11.3. The minimum absolute atomic E-state index is 0.395. The van der Waals surface area contributed by atoms with Crippen LogP contribution in [0, 0.1) is 0 Å². The van der Waals surface area contributed by atoms with Gasteiger partial charge in [-0.1, -0.05) is 45.6 Å². The van der Waals surface area contributed by atoms with Crippen LogP contribution in [0.25, 0.3) is 0 Å². The molecule has 0 aromatic heterocycles. The number of hydrogen-bond donors (Lipinski definition) is 0. The summed E-state index contributed by atoms with van der Waals surface area (Å²) >= 11 is 0. The van der Waals surface area contributed by atoms with Gasteiger partial charge in [-0.3, -0.25) is 0 Å². The van der Waals surface area contributed by atoms with Crippen molar-refractivity contribution in [3.05, 3.63) is 12.2 Å². The lowest BCUT2D eigenvalue weighted by atomic mass is 10.1. The molecule has 0 rings (SSSR count). The van der Waals surface area contributed by atoms with E-state index in [1.54, 1.807) is 20.8 Å². The lowest BCUT2D eigenvalue weighted by Gasteiger charge is -2.25. The molecule has 0 atom stereocenters. The highest BCUT2D eigenvalue weighted by Crippen LogP contribution is 2.15. The molecule has 0 aromatic carbocycles. The first-order valence-corrected chi connectivity index (χ1v) is 6.92. The van der Waals surface area contributed by atoms with Crippen molar-refractivity contribution in [2.45, 2.75) is 72.0 Å². The smallest absolute Gasteiger partial charge is 0.335 e. The molecule has 3 heteroatoms. The number of rotatable bonds is 10. The summed E-state index contributed by atoms with van der Waals surface area (Å²) in [5, 5.41) is 0. The third kappa shape index (κ3) is 9.23. The molecule has 0 heterocycles. The third-order valence-corrected chi connectivity index (χ3v) is 2.63. The molecular weight excluding hydrogens is 228 g/mol. The molecular formula is C15H28O3. The Bertz CT molecular complexity index is 256. The molecule has 0 radical (unpaired) electrons. The lowest BCUT2D eigenvalue weighted by Crippen LogP contribution is -2.32. The molecule has 0 aromatic rings. The SMILES string of the molecule is C=C(C)C(=O)OC(C)(C)OCCCCCCCC. The first-order chi connectivity index (χ1) is 8.39. The summed E-state index contributed by atoms with van der Waals surface area (Å²) in [5.74, 6) is -1.26. The number of hydrogen-bond acceptors (Lipinski definition) is 3. The van der Waals surface area contributed by atoms with E-state index in [4.69, 9.17) is 9.47 Å². The van der Waals surface area contributed by atoms with Crippen LogP contribution in [0.5, 0.6) is 0 Å². The quantitative estimate of drug-likeness (QED) is 0.254. The van der Waals surface area contributed by atoms with Gasteiger partial charge < -0.3 is 9.47 Å². The fourth-order valence-electron chi connectivity index (χ4n) is 1.54. The van der Waals surface area contributed by atoms with E-state index >= 15 is 0 Å². The number of unbranched alkanes of at least 4 members (excludes halogenated alkanes) is 5. The molecule has 0 fully saturated rings. The second-order valence-electron chi connectivity index (χ2n) is 5.19. The summed E-state index contributed by atoms with van der Waals surface area (Å²) in [6.07, 6.45) is 7.30. The first-order valence-electron chi connectivity index (χ1n) is 6.92. The predicted molar refractivity (Wildman–Crippen MR) is 74.3 cm³/mol. The van der Waals surface area contributed by atoms with Gasteiger partial charge in [0.05, 0.1) is 6.61 Å². The molecule has 18 heavy (non-hydrogen) atoms. The van der Waals surface area contributed by atoms with Crippen LogP contribution in [-0.2, 0) is 14.3 Å². The van der Waals surface area contributed by atoms with E-state index in [0.29, 0.717) is 12.2 Å². The van der Waals surface area contributed by atoms with Crippen molar-refractivity contribution < 1.29 is 14.3 Å². The van der Waals surface area contributed by atoms with E-state index in [0.717, 1.165) is 6.42 Å². The van der Waals surface area contributed by atoms with Gasteiger partial charge in [0.15, 0.2) is 0 Å². The summed E-state index contributed by atoms with van der Waals surface area (Å²) in [7, 11) is 0. The number of carbonyl (C=O) groups excluding carboxylic acids is 1. The summed E-state index contributed by atoms with van der Waals surface area (Å²) in [6.45, 7) is 11.5. The summed E-state index contributed by atoms with van der Waals surface area (Å²) < 4.78 is 10.8. The largest absolute Gasteiger partial charge is 0.430 e. The zero-order valence-corrected chi connectivity index (χ0v) is 12.4. The second-order valence-corrected chi connectivity index (χ2v) is 5.19. The van der Waals surface area contributed by atoms with E-state index in [1.165, 1.54) is 32.1 Å². The molecule has 0 unspecified atom stereocenters. The Morgan fingerprint density at radius 1 is 1.11 bits per heavy atom. The molecule has 106 valence electrons. The van der Waals surface area contributed by atoms with E-state index in [1.807, 2.05) is 0 Å². The maximum Gasteiger partial charge on any atom is 0.335 e. The summed E-state index contributed by atoms with van der Waals surface area (Å²) in [4.78, 5) is 11.4. The van der Waals surface area contributed by atoms with Crippen molar-refractivity contribution in [2.24, 2.45) is 0 Å². The van der Waals surface area contributed by atoms with Gasteiger partial charge in [-0.2, -0.15) is 0 Å². The van der Waals surface area contributed by atoms with Gasteiger partial charge in [-0.25, -0.2) is 4.79 Å². The minimum Gasteiger partial charge on any atom is -0.430 e. The van der Waals surface area contributed by atoms with Crippen molar-refractivity contribution in [3.8, 4) is 0 Å². The molecule has 0 aliphatic rings.